The van der Waals surface area contributed by atoms with Crippen molar-refractivity contribution < 1.29 is 13.2 Å². The first-order valence-corrected chi connectivity index (χ1v) is 7.03. The van der Waals surface area contributed by atoms with Gasteiger partial charge < -0.3 is 10.6 Å². The average molecular weight is 307 g/mol. The highest BCUT2D eigenvalue weighted by Gasteiger charge is 2.41. The van der Waals surface area contributed by atoms with Crippen molar-refractivity contribution in [2.75, 3.05) is 18.0 Å². The molecule has 0 bridgehead atoms. The monoisotopic (exact) mass is 306 g/mol. The van der Waals surface area contributed by atoms with Crippen LogP contribution in [0.4, 0.5) is 18.9 Å². The van der Waals surface area contributed by atoms with Gasteiger partial charge in [0.2, 0.25) is 0 Å². The van der Waals surface area contributed by atoms with Gasteiger partial charge in [-0.1, -0.05) is 17.7 Å². The van der Waals surface area contributed by atoms with E-state index in [1.54, 1.807) is 6.07 Å². The van der Waals surface area contributed by atoms with E-state index in [2.05, 4.69) is 0 Å². The van der Waals surface area contributed by atoms with Gasteiger partial charge in [0.15, 0.2) is 0 Å². The molecule has 0 aliphatic carbocycles. The van der Waals surface area contributed by atoms with Crippen LogP contribution >= 0.6 is 11.6 Å². The molecule has 1 heterocycles. The summed E-state index contributed by atoms with van der Waals surface area (Å²) in [6, 6.07) is 5.39. The SMILES string of the molecule is CC(N)c1ccc(N2CCC(C(F)(F)F)CC2)c(Cl)c1. The number of anilines is 1. The highest BCUT2D eigenvalue weighted by atomic mass is 35.5. The summed E-state index contributed by atoms with van der Waals surface area (Å²) < 4.78 is 37.9. The van der Waals surface area contributed by atoms with E-state index in [0.717, 1.165) is 11.3 Å². The smallest absolute Gasteiger partial charge is 0.370 e. The number of hydrogen-bond acceptors (Lipinski definition) is 2. The Morgan fingerprint density at radius 1 is 1.30 bits per heavy atom. The molecule has 0 saturated carbocycles. The number of nitrogens with two attached hydrogens (primary N) is 1. The van der Waals surface area contributed by atoms with E-state index < -0.39 is 12.1 Å². The normalized spacial score (nSPS) is 19.2. The van der Waals surface area contributed by atoms with Crippen LogP contribution in [-0.4, -0.2) is 19.3 Å². The molecule has 1 aliphatic heterocycles. The number of benzene rings is 1. The minimum Gasteiger partial charge on any atom is -0.370 e. The van der Waals surface area contributed by atoms with Crippen molar-refractivity contribution in [2.45, 2.75) is 32.0 Å². The maximum Gasteiger partial charge on any atom is 0.391 e. The predicted octanol–water partition coefficient (Wildman–Crippen LogP) is 4.14. The standard InChI is InChI=1S/C14H18ClF3N2/c1-9(19)10-2-3-13(12(15)8-10)20-6-4-11(5-7-20)14(16,17)18/h2-3,8-9,11H,4-7,19H2,1H3. The van der Waals surface area contributed by atoms with Crippen LogP contribution in [0.1, 0.15) is 31.4 Å². The van der Waals surface area contributed by atoms with E-state index in [9.17, 15) is 13.2 Å². The van der Waals surface area contributed by atoms with Gasteiger partial charge in [-0.3, -0.25) is 0 Å². The van der Waals surface area contributed by atoms with Crippen LogP contribution < -0.4 is 10.6 Å². The third-order valence-corrected chi connectivity index (χ3v) is 4.10. The quantitative estimate of drug-likeness (QED) is 0.890. The summed E-state index contributed by atoms with van der Waals surface area (Å²) in [5.74, 6) is -1.19. The summed E-state index contributed by atoms with van der Waals surface area (Å²) in [6.45, 7) is 2.61. The Labute approximate surface area is 121 Å². The second kappa shape index (κ2) is 5.82. The van der Waals surface area contributed by atoms with Crippen molar-refractivity contribution in [1.29, 1.82) is 0 Å². The van der Waals surface area contributed by atoms with Crippen LogP contribution in [0.25, 0.3) is 0 Å². The lowest BCUT2D eigenvalue weighted by molar-refractivity contribution is -0.179. The molecule has 2 nitrogen and oxygen atoms in total. The van der Waals surface area contributed by atoms with Crippen LogP contribution in [-0.2, 0) is 0 Å². The molecule has 2 rings (SSSR count). The van der Waals surface area contributed by atoms with Crippen molar-refractivity contribution >= 4 is 17.3 Å². The number of piperidine rings is 1. The van der Waals surface area contributed by atoms with E-state index in [-0.39, 0.29) is 18.9 Å². The van der Waals surface area contributed by atoms with Gasteiger partial charge in [-0.2, -0.15) is 13.2 Å². The molecule has 0 aromatic heterocycles. The van der Waals surface area contributed by atoms with Gasteiger partial charge in [-0.25, -0.2) is 0 Å². The van der Waals surface area contributed by atoms with Crippen LogP contribution in [0.5, 0.6) is 0 Å². The van der Waals surface area contributed by atoms with E-state index in [0.29, 0.717) is 18.1 Å². The van der Waals surface area contributed by atoms with Crippen molar-refractivity contribution in [2.24, 2.45) is 11.7 Å². The van der Waals surface area contributed by atoms with Gasteiger partial charge in [-0.05, 0) is 37.5 Å². The molecule has 0 radical (unpaired) electrons. The Balaban J connectivity index is 2.07. The van der Waals surface area contributed by atoms with E-state index in [4.69, 9.17) is 17.3 Å². The molecular weight excluding hydrogens is 289 g/mol. The molecule has 1 aromatic rings. The van der Waals surface area contributed by atoms with Gasteiger partial charge in [0.25, 0.3) is 0 Å². The Hall–Kier alpha value is -0.940. The van der Waals surface area contributed by atoms with Crippen LogP contribution in [0, 0.1) is 5.92 Å². The van der Waals surface area contributed by atoms with Crippen LogP contribution in [0.15, 0.2) is 18.2 Å². The Kier molecular flexibility index (Phi) is 4.49. The molecule has 1 aliphatic rings. The topological polar surface area (TPSA) is 29.3 Å². The Morgan fingerprint density at radius 3 is 2.35 bits per heavy atom. The highest BCUT2D eigenvalue weighted by Crippen LogP contribution is 2.37. The summed E-state index contributed by atoms with van der Waals surface area (Å²) in [6.07, 6.45) is -3.85. The summed E-state index contributed by atoms with van der Waals surface area (Å²) in [5.41, 5.74) is 7.49. The molecule has 112 valence electrons. The zero-order valence-electron chi connectivity index (χ0n) is 11.3. The number of alkyl halides is 3. The molecular formula is C14H18ClF3N2. The summed E-state index contributed by atoms with van der Waals surface area (Å²) in [7, 11) is 0. The van der Waals surface area contributed by atoms with E-state index >= 15 is 0 Å². The largest absolute Gasteiger partial charge is 0.391 e. The molecule has 6 heteroatoms. The van der Waals surface area contributed by atoms with Gasteiger partial charge in [0.1, 0.15) is 0 Å². The third kappa shape index (κ3) is 3.38. The molecule has 1 unspecified atom stereocenters. The number of hydrogen-bond donors (Lipinski definition) is 1. The zero-order valence-corrected chi connectivity index (χ0v) is 12.0. The lowest BCUT2D eigenvalue weighted by Gasteiger charge is -2.35. The number of nitrogens with zero attached hydrogens (tertiary/aromatic N) is 1. The molecule has 2 N–H and O–H groups in total. The fourth-order valence-corrected chi connectivity index (χ4v) is 2.82. The lowest BCUT2D eigenvalue weighted by atomic mass is 9.95. The van der Waals surface area contributed by atoms with Gasteiger partial charge >= 0.3 is 6.18 Å². The van der Waals surface area contributed by atoms with E-state index in [1.165, 1.54) is 0 Å². The minimum absolute atomic E-state index is 0.113. The third-order valence-electron chi connectivity index (χ3n) is 3.80. The summed E-state index contributed by atoms with van der Waals surface area (Å²) >= 11 is 6.21. The van der Waals surface area contributed by atoms with Crippen LogP contribution in [0.2, 0.25) is 5.02 Å². The molecule has 0 spiro atoms. The first-order valence-electron chi connectivity index (χ1n) is 6.65. The summed E-state index contributed by atoms with van der Waals surface area (Å²) in [5, 5.41) is 0.547. The average Bonchev–Trinajstić information content (AvgIpc) is 2.37. The first-order chi connectivity index (χ1) is 9.29. The van der Waals surface area contributed by atoms with Crippen molar-refractivity contribution in [3.05, 3.63) is 28.8 Å². The minimum atomic E-state index is -4.09. The zero-order chi connectivity index (χ0) is 14.9. The first kappa shape index (κ1) is 15.4. The molecule has 0 amide bonds. The van der Waals surface area contributed by atoms with Crippen LogP contribution in [0.3, 0.4) is 0 Å². The fourth-order valence-electron chi connectivity index (χ4n) is 2.51. The Morgan fingerprint density at radius 2 is 1.90 bits per heavy atom. The molecule has 20 heavy (non-hydrogen) atoms. The van der Waals surface area contributed by atoms with Gasteiger partial charge in [0.05, 0.1) is 16.6 Å². The molecule has 1 atom stereocenters. The fraction of sp³-hybridized carbons (Fsp3) is 0.571. The van der Waals surface area contributed by atoms with Crippen molar-refractivity contribution in [3.8, 4) is 0 Å². The highest BCUT2D eigenvalue weighted by molar-refractivity contribution is 6.33. The second-order valence-electron chi connectivity index (χ2n) is 5.30. The second-order valence-corrected chi connectivity index (χ2v) is 5.71. The number of rotatable bonds is 2. The van der Waals surface area contributed by atoms with Crippen molar-refractivity contribution in [1.82, 2.24) is 0 Å². The molecule has 1 aromatic carbocycles. The molecule has 1 saturated heterocycles. The van der Waals surface area contributed by atoms with Gasteiger partial charge in [-0.15, -0.1) is 0 Å². The number of halogens is 4. The van der Waals surface area contributed by atoms with E-state index in [1.807, 2.05) is 24.0 Å². The Bertz CT molecular complexity index is 466. The predicted molar refractivity (Wildman–Crippen MR) is 75.0 cm³/mol. The maximum absolute atomic E-state index is 12.6. The lowest BCUT2D eigenvalue weighted by Crippen LogP contribution is -2.39. The van der Waals surface area contributed by atoms with Crippen molar-refractivity contribution in [3.63, 3.8) is 0 Å². The maximum atomic E-state index is 12.6. The van der Waals surface area contributed by atoms with Gasteiger partial charge in [0, 0.05) is 19.1 Å². The summed E-state index contributed by atoms with van der Waals surface area (Å²) in [4.78, 5) is 1.91. The molecule has 1 fully saturated rings.